The molecular weight excluding hydrogens is 403 g/mol. The number of rotatable bonds is 7. The molecule has 4 nitrogen and oxygen atoms in total. The summed E-state index contributed by atoms with van der Waals surface area (Å²) in [5.41, 5.74) is 3.38. The number of piperazine rings is 1. The minimum atomic E-state index is -0.217. The van der Waals surface area contributed by atoms with Crippen LogP contribution in [-0.4, -0.2) is 47.5 Å². The SMILES string of the molecule is CC(C)c1cccc(C(C)C)c1OCC(=O)N1CC(C)N(Cc2ccc(F)cc2)CC1C. The van der Waals surface area contributed by atoms with Crippen molar-refractivity contribution >= 4 is 5.91 Å². The van der Waals surface area contributed by atoms with Gasteiger partial charge in [0.05, 0.1) is 0 Å². The van der Waals surface area contributed by atoms with Crippen LogP contribution < -0.4 is 4.74 Å². The van der Waals surface area contributed by atoms with Gasteiger partial charge in [0.15, 0.2) is 6.61 Å². The monoisotopic (exact) mass is 440 g/mol. The molecule has 2 aromatic carbocycles. The summed E-state index contributed by atoms with van der Waals surface area (Å²) in [5, 5.41) is 0. The van der Waals surface area contributed by atoms with Crippen molar-refractivity contribution in [2.45, 2.75) is 72.0 Å². The largest absolute Gasteiger partial charge is 0.483 e. The van der Waals surface area contributed by atoms with Gasteiger partial charge in [0.25, 0.3) is 5.91 Å². The molecule has 1 aliphatic heterocycles. The van der Waals surface area contributed by atoms with Gasteiger partial charge >= 0.3 is 0 Å². The topological polar surface area (TPSA) is 32.8 Å². The fourth-order valence-corrected chi connectivity index (χ4v) is 4.46. The summed E-state index contributed by atoms with van der Waals surface area (Å²) in [6.45, 7) is 15.1. The van der Waals surface area contributed by atoms with E-state index in [4.69, 9.17) is 4.74 Å². The Balaban J connectivity index is 1.65. The van der Waals surface area contributed by atoms with Gasteiger partial charge in [0.2, 0.25) is 0 Å². The zero-order valence-corrected chi connectivity index (χ0v) is 20.3. The number of amides is 1. The number of benzene rings is 2. The van der Waals surface area contributed by atoms with Gasteiger partial charge in [-0.25, -0.2) is 4.39 Å². The molecule has 1 amide bonds. The van der Waals surface area contributed by atoms with E-state index < -0.39 is 0 Å². The van der Waals surface area contributed by atoms with Crippen molar-refractivity contribution in [3.63, 3.8) is 0 Å². The van der Waals surface area contributed by atoms with Gasteiger partial charge in [-0.2, -0.15) is 0 Å². The third kappa shape index (κ3) is 5.69. The van der Waals surface area contributed by atoms with Crippen LogP contribution >= 0.6 is 0 Å². The van der Waals surface area contributed by atoms with Crippen molar-refractivity contribution in [2.75, 3.05) is 19.7 Å². The van der Waals surface area contributed by atoms with E-state index in [1.54, 1.807) is 0 Å². The van der Waals surface area contributed by atoms with Gasteiger partial charge in [-0.15, -0.1) is 0 Å². The molecule has 2 atom stereocenters. The highest BCUT2D eigenvalue weighted by molar-refractivity contribution is 5.78. The Bertz CT molecular complexity index is 884. The summed E-state index contributed by atoms with van der Waals surface area (Å²) in [6, 6.07) is 13.2. The second kappa shape index (κ2) is 10.5. The quantitative estimate of drug-likeness (QED) is 0.564. The normalized spacial score (nSPS) is 19.6. The van der Waals surface area contributed by atoms with Crippen LogP contribution in [0.5, 0.6) is 5.75 Å². The maximum absolute atomic E-state index is 13.2. The van der Waals surface area contributed by atoms with Crippen LogP contribution in [0, 0.1) is 5.82 Å². The van der Waals surface area contributed by atoms with E-state index in [2.05, 4.69) is 64.6 Å². The van der Waals surface area contributed by atoms with E-state index in [0.717, 1.165) is 35.5 Å². The maximum Gasteiger partial charge on any atom is 0.260 e. The summed E-state index contributed by atoms with van der Waals surface area (Å²) in [5.74, 6) is 1.33. The molecule has 174 valence electrons. The third-order valence-corrected chi connectivity index (χ3v) is 6.39. The van der Waals surface area contributed by atoms with Crippen LogP contribution in [0.1, 0.15) is 70.1 Å². The molecule has 32 heavy (non-hydrogen) atoms. The van der Waals surface area contributed by atoms with Crippen LogP contribution in [0.4, 0.5) is 4.39 Å². The maximum atomic E-state index is 13.2. The van der Waals surface area contributed by atoms with Gasteiger partial charge < -0.3 is 9.64 Å². The molecule has 0 aromatic heterocycles. The first-order valence-corrected chi connectivity index (χ1v) is 11.7. The van der Waals surface area contributed by atoms with Crippen LogP contribution in [-0.2, 0) is 11.3 Å². The highest BCUT2D eigenvalue weighted by Gasteiger charge is 2.32. The number of carbonyl (C=O) groups is 1. The van der Waals surface area contributed by atoms with Gasteiger partial charge in [0, 0.05) is 31.7 Å². The summed E-state index contributed by atoms with van der Waals surface area (Å²) in [4.78, 5) is 17.4. The molecule has 2 aromatic rings. The summed E-state index contributed by atoms with van der Waals surface area (Å²) in [6.07, 6.45) is 0. The zero-order chi connectivity index (χ0) is 23.4. The van der Waals surface area contributed by atoms with Crippen molar-refractivity contribution in [2.24, 2.45) is 0 Å². The molecule has 1 aliphatic rings. The Morgan fingerprint density at radius 1 is 0.969 bits per heavy atom. The molecule has 0 spiro atoms. The van der Waals surface area contributed by atoms with E-state index in [9.17, 15) is 9.18 Å². The minimum absolute atomic E-state index is 0.0269. The van der Waals surface area contributed by atoms with Crippen LogP contribution in [0.15, 0.2) is 42.5 Å². The Hall–Kier alpha value is -2.40. The van der Waals surface area contributed by atoms with Gasteiger partial charge in [-0.3, -0.25) is 9.69 Å². The first-order chi connectivity index (χ1) is 15.2. The molecule has 5 heteroatoms. The second-order valence-corrected chi connectivity index (χ2v) is 9.66. The Labute approximate surface area is 192 Å². The number of para-hydroxylation sites is 1. The first kappa shape index (κ1) is 24.2. The number of hydrogen-bond donors (Lipinski definition) is 0. The molecule has 0 saturated carbocycles. The minimum Gasteiger partial charge on any atom is -0.483 e. The number of ether oxygens (including phenoxy) is 1. The van der Waals surface area contributed by atoms with Crippen molar-refractivity contribution in [3.05, 3.63) is 65.0 Å². The van der Waals surface area contributed by atoms with Crippen molar-refractivity contribution in [3.8, 4) is 5.75 Å². The molecule has 0 bridgehead atoms. The lowest BCUT2D eigenvalue weighted by molar-refractivity contribution is -0.139. The number of halogens is 1. The fraction of sp³-hybridized carbons (Fsp3) is 0.519. The van der Waals surface area contributed by atoms with E-state index in [0.29, 0.717) is 18.4 Å². The predicted octanol–water partition coefficient (Wildman–Crippen LogP) is 5.57. The third-order valence-electron chi connectivity index (χ3n) is 6.39. The molecule has 3 rings (SSSR count). The number of hydrogen-bond acceptors (Lipinski definition) is 3. The van der Waals surface area contributed by atoms with E-state index in [1.807, 2.05) is 17.0 Å². The van der Waals surface area contributed by atoms with E-state index in [1.165, 1.54) is 12.1 Å². The van der Waals surface area contributed by atoms with Crippen molar-refractivity contribution in [1.29, 1.82) is 0 Å². The molecule has 1 fully saturated rings. The highest BCUT2D eigenvalue weighted by atomic mass is 19.1. The van der Waals surface area contributed by atoms with Gasteiger partial charge in [0.1, 0.15) is 11.6 Å². The van der Waals surface area contributed by atoms with Crippen LogP contribution in [0.3, 0.4) is 0 Å². The molecular formula is C27H37FN2O2. The van der Waals surface area contributed by atoms with Crippen LogP contribution in [0.2, 0.25) is 0 Å². The second-order valence-electron chi connectivity index (χ2n) is 9.66. The number of nitrogens with zero attached hydrogens (tertiary/aromatic N) is 2. The molecule has 1 heterocycles. The lowest BCUT2D eigenvalue weighted by Gasteiger charge is -2.44. The highest BCUT2D eigenvalue weighted by Crippen LogP contribution is 2.34. The average Bonchev–Trinajstić information content (AvgIpc) is 2.75. The lowest BCUT2D eigenvalue weighted by atomic mass is 9.94. The fourth-order valence-electron chi connectivity index (χ4n) is 4.46. The number of carbonyl (C=O) groups excluding carboxylic acids is 1. The summed E-state index contributed by atoms with van der Waals surface area (Å²) >= 11 is 0. The Morgan fingerprint density at radius 3 is 2.12 bits per heavy atom. The Morgan fingerprint density at radius 2 is 1.56 bits per heavy atom. The van der Waals surface area contributed by atoms with Gasteiger partial charge in [-0.05, 0) is 54.5 Å². The molecule has 2 unspecified atom stereocenters. The van der Waals surface area contributed by atoms with E-state index in [-0.39, 0.29) is 30.4 Å². The standard InChI is InChI=1S/C27H37FN2O2/c1-18(2)24-8-7-9-25(19(3)4)27(24)32-17-26(31)30-15-20(5)29(14-21(30)6)16-22-10-12-23(28)13-11-22/h7-13,18-21H,14-17H2,1-6H3. The first-order valence-electron chi connectivity index (χ1n) is 11.7. The van der Waals surface area contributed by atoms with Crippen molar-refractivity contribution in [1.82, 2.24) is 9.80 Å². The molecule has 0 radical (unpaired) electrons. The lowest BCUT2D eigenvalue weighted by Crippen LogP contribution is -2.58. The summed E-state index contributed by atoms with van der Waals surface area (Å²) < 4.78 is 19.4. The molecule has 0 aliphatic carbocycles. The molecule has 0 N–H and O–H groups in total. The van der Waals surface area contributed by atoms with E-state index >= 15 is 0 Å². The molecule has 1 saturated heterocycles. The smallest absolute Gasteiger partial charge is 0.260 e. The van der Waals surface area contributed by atoms with Crippen LogP contribution in [0.25, 0.3) is 0 Å². The predicted molar refractivity (Wildman–Crippen MR) is 128 cm³/mol. The Kier molecular flexibility index (Phi) is 7.94. The van der Waals surface area contributed by atoms with Crippen molar-refractivity contribution < 1.29 is 13.9 Å². The van der Waals surface area contributed by atoms with Gasteiger partial charge in [-0.1, -0.05) is 58.0 Å². The summed E-state index contributed by atoms with van der Waals surface area (Å²) in [7, 11) is 0. The zero-order valence-electron chi connectivity index (χ0n) is 20.3. The average molecular weight is 441 g/mol.